The van der Waals surface area contributed by atoms with Crippen molar-refractivity contribution in [3.63, 3.8) is 0 Å². The lowest BCUT2D eigenvalue weighted by Crippen LogP contribution is -2.14. The average molecular weight is 521 g/mol. The summed E-state index contributed by atoms with van der Waals surface area (Å²) in [7, 11) is -4.22. The molecule has 2 N–H and O–H groups in total. The van der Waals surface area contributed by atoms with Gasteiger partial charge in [-0.3, -0.25) is 19.7 Å². The highest BCUT2D eigenvalue weighted by Crippen LogP contribution is 2.26. The standard InChI is InChI=1S/C25H20N4O7S/c1-16-6-11-23(24(12-16)29(32)33)28-25(31)19(15-26)13-18-4-3-5-21(14-18)36-37(34,35)22-9-7-20(8-10-22)27-17(2)30/h3-14H,1-2H3,(H,27,30)(H,28,31)/b19-13+. The summed E-state index contributed by atoms with van der Waals surface area (Å²) in [6.07, 6.45) is 1.19. The highest BCUT2D eigenvalue weighted by atomic mass is 32.2. The highest BCUT2D eigenvalue weighted by Gasteiger charge is 2.19. The number of benzene rings is 3. The van der Waals surface area contributed by atoms with Crippen molar-refractivity contribution >= 4 is 45.1 Å². The predicted octanol–water partition coefficient (Wildman–Crippen LogP) is 4.18. The maximum Gasteiger partial charge on any atom is 0.339 e. The number of nitrogens with zero attached hydrogens (tertiary/aromatic N) is 2. The Morgan fingerprint density at radius 3 is 2.38 bits per heavy atom. The van der Waals surface area contributed by atoms with Crippen molar-refractivity contribution in [2.75, 3.05) is 10.6 Å². The fraction of sp³-hybridized carbons (Fsp3) is 0.0800. The van der Waals surface area contributed by atoms with Crippen LogP contribution >= 0.6 is 0 Å². The molecule has 0 heterocycles. The van der Waals surface area contributed by atoms with E-state index in [1.807, 2.05) is 0 Å². The number of nitrogens with one attached hydrogen (secondary N) is 2. The van der Waals surface area contributed by atoms with Gasteiger partial charge in [-0.05, 0) is 66.6 Å². The Hall–Kier alpha value is -5.02. The number of amides is 2. The summed E-state index contributed by atoms with van der Waals surface area (Å²) >= 11 is 0. The van der Waals surface area contributed by atoms with Gasteiger partial charge < -0.3 is 14.8 Å². The number of rotatable bonds is 8. The van der Waals surface area contributed by atoms with Crippen molar-refractivity contribution in [2.24, 2.45) is 0 Å². The van der Waals surface area contributed by atoms with Crippen LogP contribution in [0.1, 0.15) is 18.1 Å². The van der Waals surface area contributed by atoms with Crippen LogP contribution < -0.4 is 14.8 Å². The minimum atomic E-state index is -4.22. The molecule has 0 aliphatic rings. The molecule has 37 heavy (non-hydrogen) atoms. The van der Waals surface area contributed by atoms with Gasteiger partial charge in [-0.25, -0.2) is 0 Å². The van der Waals surface area contributed by atoms with Crippen molar-refractivity contribution in [1.82, 2.24) is 0 Å². The van der Waals surface area contributed by atoms with Crippen LogP contribution in [0.15, 0.2) is 77.2 Å². The lowest BCUT2D eigenvalue weighted by atomic mass is 10.1. The van der Waals surface area contributed by atoms with E-state index in [0.29, 0.717) is 11.3 Å². The van der Waals surface area contributed by atoms with Gasteiger partial charge in [0.1, 0.15) is 28.0 Å². The maximum absolute atomic E-state index is 12.7. The molecule has 0 radical (unpaired) electrons. The monoisotopic (exact) mass is 520 g/mol. The van der Waals surface area contributed by atoms with Crippen LogP contribution in [-0.2, 0) is 19.7 Å². The zero-order chi connectivity index (χ0) is 27.2. The van der Waals surface area contributed by atoms with E-state index in [1.165, 1.54) is 73.7 Å². The minimum absolute atomic E-state index is 0.0746. The van der Waals surface area contributed by atoms with Crippen LogP contribution in [0.2, 0.25) is 0 Å². The SMILES string of the molecule is CC(=O)Nc1ccc(S(=O)(=O)Oc2cccc(/C=C(\C#N)C(=O)Nc3ccc(C)cc3[N+](=O)[O-])c2)cc1. The van der Waals surface area contributed by atoms with Gasteiger partial charge in [0, 0.05) is 18.7 Å². The summed E-state index contributed by atoms with van der Waals surface area (Å²) < 4.78 is 30.5. The number of nitro benzene ring substituents is 1. The molecule has 0 atom stereocenters. The molecule has 0 aliphatic carbocycles. The Bertz CT molecular complexity index is 1560. The number of carbonyl (C=O) groups excluding carboxylic acids is 2. The molecule has 188 valence electrons. The Morgan fingerprint density at radius 1 is 1.05 bits per heavy atom. The summed E-state index contributed by atoms with van der Waals surface area (Å²) in [5.74, 6) is -1.27. The largest absolute Gasteiger partial charge is 0.379 e. The summed E-state index contributed by atoms with van der Waals surface area (Å²) in [6, 6.07) is 17.0. The second-order valence-electron chi connectivity index (χ2n) is 7.72. The number of carbonyl (C=O) groups is 2. The molecule has 0 aromatic heterocycles. The van der Waals surface area contributed by atoms with Crippen LogP contribution in [0, 0.1) is 28.4 Å². The van der Waals surface area contributed by atoms with Gasteiger partial charge in [0.15, 0.2) is 0 Å². The molecule has 0 bridgehead atoms. The number of hydrogen-bond donors (Lipinski definition) is 2. The normalized spacial score (nSPS) is 11.2. The number of anilines is 2. The number of nitriles is 1. The summed E-state index contributed by atoms with van der Waals surface area (Å²) in [5, 5.41) is 25.6. The first kappa shape index (κ1) is 26.6. The van der Waals surface area contributed by atoms with E-state index in [2.05, 4.69) is 10.6 Å². The molecule has 0 saturated heterocycles. The summed E-state index contributed by atoms with van der Waals surface area (Å²) in [6.45, 7) is 2.98. The second kappa shape index (κ2) is 11.1. The van der Waals surface area contributed by atoms with Gasteiger partial charge in [-0.1, -0.05) is 18.2 Å². The van der Waals surface area contributed by atoms with Gasteiger partial charge in [-0.2, -0.15) is 13.7 Å². The van der Waals surface area contributed by atoms with Crippen LogP contribution in [-0.4, -0.2) is 25.2 Å². The molecule has 0 aliphatic heterocycles. The molecule has 3 aromatic carbocycles. The molecule has 0 saturated carbocycles. The molecule has 11 nitrogen and oxygen atoms in total. The molecule has 0 fully saturated rings. The highest BCUT2D eigenvalue weighted by molar-refractivity contribution is 7.87. The quantitative estimate of drug-likeness (QED) is 0.147. The van der Waals surface area contributed by atoms with Gasteiger partial charge >= 0.3 is 10.1 Å². The predicted molar refractivity (Wildman–Crippen MR) is 135 cm³/mol. The Morgan fingerprint density at radius 2 is 1.76 bits per heavy atom. The van der Waals surface area contributed by atoms with Crippen LogP contribution in [0.3, 0.4) is 0 Å². The molecule has 3 aromatic rings. The third kappa shape index (κ3) is 7.00. The van der Waals surface area contributed by atoms with E-state index in [0.717, 1.165) is 0 Å². The van der Waals surface area contributed by atoms with E-state index >= 15 is 0 Å². The Labute approximate surface area is 212 Å². The summed E-state index contributed by atoms with van der Waals surface area (Å²) in [4.78, 5) is 34.2. The molecule has 0 spiro atoms. The third-order valence-electron chi connectivity index (χ3n) is 4.80. The number of hydrogen-bond acceptors (Lipinski definition) is 8. The van der Waals surface area contributed by atoms with Crippen LogP contribution in [0.4, 0.5) is 17.1 Å². The average Bonchev–Trinajstić information content (AvgIpc) is 2.83. The van der Waals surface area contributed by atoms with Gasteiger partial charge in [0.25, 0.3) is 11.6 Å². The van der Waals surface area contributed by atoms with Crippen LogP contribution in [0.25, 0.3) is 6.08 Å². The minimum Gasteiger partial charge on any atom is -0.379 e. The van der Waals surface area contributed by atoms with Gasteiger partial charge in [0.05, 0.1) is 4.92 Å². The lowest BCUT2D eigenvalue weighted by molar-refractivity contribution is -0.384. The summed E-state index contributed by atoms with van der Waals surface area (Å²) in [5.41, 5.74) is 0.543. The van der Waals surface area contributed by atoms with E-state index in [1.54, 1.807) is 19.1 Å². The van der Waals surface area contributed by atoms with Crippen molar-refractivity contribution in [3.05, 3.63) is 93.5 Å². The first-order chi connectivity index (χ1) is 17.5. The molecule has 12 heteroatoms. The van der Waals surface area contributed by atoms with Crippen LogP contribution in [0.5, 0.6) is 5.75 Å². The molecule has 0 unspecified atom stereocenters. The fourth-order valence-electron chi connectivity index (χ4n) is 3.14. The molecule has 3 rings (SSSR count). The topological polar surface area (TPSA) is 168 Å². The van der Waals surface area contributed by atoms with E-state index in [9.17, 15) is 33.4 Å². The van der Waals surface area contributed by atoms with E-state index in [-0.39, 0.29) is 39.1 Å². The maximum atomic E-state index is 12.7. The molecular weight excluding hydrogens is 500 g/mol. The lowest BCUT2D eigenvalue weighted by Gasteiger charge is -2.09. The van der Waals surface area contributed by atoms with Crippen molar-refractivity contribution in [3.8, 4) is 11.8 Å². The second-order valence-corrected chi connectivity index (χ2v) is 9.26. The Kier molecular flexibility index (Phi) is 8.01. The Balaban J connectivity index is 1.81. The first-order valence-corrected chi connectivity index (χ1v) is 12.0. The number of nitro groups is 1. The van der Waals surface area contributed by atoms with Gasteiger partial charge in [0.2, 0.25) is 5.91 Å². The third-order valence-corrected chi connectivity index (χ3v) is 6.06. The van der Waals surface area contributed by atoms with Crippen molar-refractivity contribution < 1.29 is 27.1 Å². The van der Waals surface area contributed by atoms with E-state index < -0.39 is 20.9 Å². The molecular formula is C25H20N4O7S. The van der Waals surface area contributed by atoms with Gasteiger partial charge in [-0.15, -0.1) is 0 Å². The zero-order valence-electron chi connectivity index (χ0n) is 19.6. The smallest absolute Gasteiger partial charge is 0.339 e. The fourth-order valence-corrected chi connectivity index (χ4v) is 4.07. The zero-order valence-corrected chi connectivity index (χ0v) is 20.4. The number of aryl methyl sites for hydroxylation is 1. The molecule has 2 amide bonds. The first-order valence-electron chi connectivity index (χ1n) is 10.6. The van der Waals surface area contributed by atoms with E-state index in [4.69, 9.17) is 4.18 Å². The van der Waals surface area contributed by atoms with Crippen molar-refractivity contribution in [2.45, 2.75) is 18.7 Å². The van der Waals surface area contributed by atoms with Crippen molar-refractivity contribution in [1.29, 1.82) is 5.26 Å².